The average molecular weight is 401 g/mol. The lowest BCUT2D eigenvalue weighted by molar-refractivity contribution is -0.136. The third kappa shape index (κ3) is 4.28. The smallest absolute Gasteiger partial charge is 0.380 e. The number of fused-ring (bicyclic) bond motifs is 1. The van der Waals surface area contributed by atoms with Gasteiger partial charge in [0.15, 0.2) is 5.65 Å². The Hall–Kier alpha value is -2.86. The number of benzene rings is 1. The van der Waals surface area contributed by atoms with E-state index < -0.39 is 27.7 Å². The lowest BCUT2D eigenvalue weighted by Crippen LogP contribution is -2.16. The van der Waals surface area contributed by atoms with Gasteiger partial charge < -0.3 is 5.32 Å². The summed E-state index contributed by atoms with van der Waals surface area (Å²) in [5, 5.41) is 7.80. The van der Waals surface area contributed by atoms with Gasteiger partial charge in [-0.1, -0.05) is 6.07 Å². The van der Waals surface area contributed by atoms with Crippen LogP contribution in [-0.2, 0) is 30.1 Å². The molecule has 27 heavy (non-hydrogen) atoms. The molecule has 0 radical (unpaired) electrons. The molecule has 2 aromatic heterocycles. The van der Waals surface area contributed by atoms with E-state index in [2.05, 4.69) is 15.4 Å². The summed E-state index contributed by atoms with van der Waals surface area (Å²) in [5.74, 6) is 0. The molecule has 3 aromatic rings. The standard InChI is InChI=1S/C15H14F3N5O3S/c1-23-14-10(8-21-23)12(4-5-19-14)20-7-9-2-3-13(22-27(24,25)26)11(6-9)15(16,17)18/h2-6,8,22H,7H2,1H3,(H,19,20)(H,24,25,26). The Kier molecular flexibility index (Phi) is 4.70. The minimum atomic E-state index is -4.83. The van der Waals surface area contributed by atoms with E-state index in [1.165, 1.54) is 10.8 Å². The first-order chi connectivity index (χ1) is 12.5. The maximum Gasteiger partial charge on any atom is 0.418 e. The predicted molar refractivity (Wildman–Crippen MR) is 92.5 cm³/mol. The fourth-order valence-corrected chi connectivity index (χ4v) is 3.02. The number of pyridine rings is 1. The van der Waals surface area contributed by atoms with Crippen molar-refractivity contribution in [2.24, 2.45) is 7.05 Å². The van der Waals surface area contributed by atoms with Crippen molar-refractivity contribution in [3.63, 3.8) is 0 Å². The maximum absolute atomic E-state index is 13.2. The molecule has 2 heterocycles. The minimum Gasteiger partial charge on any atom is -0.380 e. The molecule has 0 saturated carbocycles. The first kappa shape index (κ1) is 18.9. The quantitative estimate of drug-likeness (QED) is 0.568. The summed E-state index contributed by atoms with van der Waals surface area (Å²) in [6, 6.07) is 4.74. The van der Waals surface area contributed by atoms with Gasteiger partial charge in [-0.05, 0) is 23.8 Å². The van der Waals surface area contributed by atoms with Crippen molar-refractivity contribution >= 4 is 32.7 Å². The van der Waals surface area contributed by atoms with Gasteiger partial charge in [-0.3, -0.25) is 14.0 Å². The van der Waals surface area contributed by atoms with E-state index >= 15 is 0 Å². The summed E-state index contributed by atoms with van der Waals surface area (Å²) in [5.41, 5.74) is -0.449. The van der Waals surface area contributed by atoms with Gasteiger partial charge in [0.05, 0.1) is 22.8 Å². The van der Waals surface area contributed by atoms with Crippen LogP contribution in [0.15, 0.2) is 36.7 Å². The lowest BCUT2D eigenvalue weighted by Gasteiger charge is -2.15. The van der Waals surface area contributed by atoms with Crippen LogP contribution < -0.4 is 10.0 Å². The first-order valence-corrected chi connectivity index (χ1v) is 8.94. The fraction of sp³-hybridized carbons (Fsp3) is 0.200. The molecular formula is C15H14F3N5O3S. The number of alkyl halides is 3. The summed E-state index contributed by atoms with van der Waals surface area (Å²) < 4.78 is 73.1. The minimum absolute atomic E-state index is 0.0449. The zero-order valence-electron chi connectivity index (χ0n) is 13.8. The van der Waals surface area contributed by atoms with Crippen LogP contribution in [0.5, 0.6) is 0 Å². The van der Waals surface area contributed by atoms with Crippen molar-refractivity contribution in [1.29, 1.82) is 0 Å². The molecule has 144 valence electrons. The third-order valence-electron chi connectivity index (χ3n) is 3.75. The Balaban J connectivity index is 1.89. The number of hydrogen-bond acceptors (Lipinski definition) is 5. The van der Waals surface area contributed by atoms with Gasteiger partial charge in [0.1, 0.15) is 0 Å². The van der Waals surface area contributed by atoms with Gasteiger partial charge >= 0.3 is 16.5 Å². The second kappa shape index (κ2) is 6.70. The normalized spacial score (nSPS) is 12.3. The highest BCUT2D eigenvalue weighted by molar-refractivity contribution is 7.87. The summed E-state index contributed by atoms with van der Waals surface area (Å²) in [7, 11) is -3.11. The van der Waals surface area contributed by atoms with Crippen molar-refractivity contribution in [1.82, 2.24) is 14.8 Å². The Labute approximate surface area is 151 Å². The van der Waals surface area contributed by atoms with Crippen LogP contribution in [0.4, 0.5) is 24.5 Å². The molecule has 3 rings (SSSR count). The van der Waals surface area contributed by atoms with Crippen molar-refractivity contribution in [3.05, 3.63) is 47.8 Å². The molecule has 0 aliphatic rings. The largest absolute Gasteiger partial charge is 0.418 e. The average Bonchev–Trinajstić information content (AvgIpc) is 2.93. The van der Waals surface area contributed by atoms with Gasteiger partial charge in [-0.25, -0.2) is 4.98 Å². The van der Waals surface area contributed by atoms with E-state index in [1.54, 1.807) is 30.2 Å². The Morgan fingerprint density at radius 3 is 2.63 bits per heavy atom. The number of hydrogen-bond donors (Lipinski definition) is 3. The number of nitrogens with zero attached hydrogens (tertiary/aromatic N) is 3. The summed E-state index contributed by atoms with van der Waals surface area (Å²) >= 11 is 0. The van der Waals surface area contributed by atoms with Gasteiger partial charge in [0.25, 0.3) is 0 Å². The molecule has 0 saturated heterocycles. The van der Waals surface area contributed by atoms with Crippen molar-refractivity contribution < 1.29 is 26.1 Å². The maximum atomic E-state index is 13.2. The first-order valence-electron chi connectivity index (χ1n) is 7.50. The highest BCUT2D eigenvalue weighted by Gasteiger charge is 2.34. The lowest BCUT2D eigenvalue weighted by atomic mass is 10.1. The monoisotopic (exact) mass is 401 g/mol. The summed E-state index contributed by atoms with van der Waals surface area (Å²) in [6.45, 7) is 0.0449. The number of nitrogens with one attached hydrogen (secondary N) is 2. The van der Waals surface area contributed by atoms with E-state index in [9.17, 15) is 21.6 Å². The van der Waals surface area contributed by atoms with Crippen LogP contribution >= 0.6 is 0 Å². The van der Waals surface area contributed by atoms with Crippen LogP contribution in [-0.4, -0.2) is 27.7 Å². The highest BCUT2D eigenvalue weighted by atomic mass is 32.2. The second-order valence-corrected chi connectivity index (χ2v) is 6.83. The molecule has 3 N–H and O–H groups in total. The molecule has 1 aromatic carbocycles. The van der Waals surface area contributed by atoms with E-state index in [-0.39, 0.29) is 12.1 Å². The molecule has 0 atom stereocenters. The molecule has 0 aliphatic heterocycles. The van der Waals surface area contributed by atoms with Crippen LogP contribution in [0.3, 0.4) is 0 Å². The molecule has 0 aliphatic carbocycles. The predicted octanol–water partition coefficient (Wildman–Crippen LogP) is 2.81. The molecule has 0 fully saturated rings. The van der Waals surface area contributed by atoms with Crippen molar-refractivity contribution in [2.45, 2.75) is 12.7 Å². The van der Waals surface area contributed by atoms with Crippen LogP contribution in [0, 0.1) is 0 Å². The Morgan fingerprint density at radius 2 is 1.96 bits per heavy atom. The number of aryl methyl sites for hydroxylation is 1. The van der Waals surface area contributed by atoms with Crippen molar-refractivity contribution in [2.75, 3.05) is 10.0 Å². The number of rotatable bonds is 5. The highest BCUT2D eigenvalue weighted by Crippen LogP contribution is 2.36. The topological polar surface area (TPSA) is 109 Å². The van der Waals surface area contributed by atoms with E-state index in [0.717, 1.165) is 12.1 Å². The number of halogens is 3. The molecule has 12 heteroatoms. The fourth-order valence-electron chi connectivity index (χ4n) is 2.56. The molecular weight excluding hydrogens is 387 g/mol. The molecule has 0 unspecified atom stereocenters. The third-order valence-corrected chi connectivity index (χ3v) is 4.22. The molecule has 0 bridgehead atoms. The SMILES string of the molecule is Cn1ncc2c(NCc3ccc(NS(=O)(=O)O)c(C(F)(F)F)c3)ccnc21. The zero-order valence-corrected chi connectivity index (χ0v) is 14.6. The Bertz CT molecular complexity index is 1100. The van der Waals surface area contributed by atoms with E-state index in [0.29, 0.717) is 16.7 Å². The van der Waals surface area contributed by atoms with Crippen LogP contribution in [0.25, 0.3) is 11.0 Å². The summed E-state index contributed by atoms with van der Waals surface area (Å²) in [6.07, 6.45) is -1.67. The molecule has 8 nitrogen and oxygen atoms in total. The Morgan fingerprint density at radius 1 is 1.22 bits per heavy atom. The second-order valence-electron chi connectivity index (χ2n) is 5.67. The van der Waals surface area contributed by atoms with Crippen LogP contribution in [0.1, 0.15) is 11.1 Å². The van der Waals surface area contributed by atoms with Gasteiger partial charge in [0.2, 0.25) is 0 Å². The van der Waals surface area contributed by atoms with E-state index in [1.807, 2.05) is 0 Å². The van der Waals surface area contributed by atoms with E-state index in [4.69, 9.17) is 4.55 Å². The van der Waals surface area contributed by atoms with Gasteiger partial charge in [-0.2, -0.15) is 26.7 Å². The van der Waals surface area contributed by atoms with Gasteiger partial charge in [-0.15, -0.1) is 0 Å². The number of aromatic nitrogens is 3. The number of anilines is 2. The van der Waals surface area contributed by atoms with Gasteiger partial charge in [0, 0.05) is 25.5 Å². The van der Waals surface area contributed by atoms with Crippen LogP contribution in [0.2, 0.25) is 0 Å². The molecule has 0 spiro atoms. The zero-order chi connectivity index (χ0) is 19.8. The van der Waals surface area contributed by atoms with Crippen molar-refractivity contribution in [3.8, 4) is 0 Å². The summed E-state index contributed by atoms with van der Waals surface area (Å²) in [4.78, 5) is 4.17. The molecule has 0 amide bonds.